The van der Waals surface area contributed by atoms with E-state index in [9.17, 15) is 9.90 Å². The van der Waals surface area contributed by atoms with Crippen molar-refractivity contribution in [3.05, 3.63) is 35.9 Å². The van der Waals surface area contributed by atoms with Gasteiger partial charge in [-0.2, -0.15) is 0 Å². The Kier molecular flexibility index (Phi) is 12.3. The number of aromatic hydroxyl groups is 1. The third-order valence-electron chi connectivity index (χ3n) is 5.77. The Bertz CT molecular complexity index is 682. The zero-order valence-electron chi connectivity index (χ0n) is 20.6. The molecule has 1 amide bonds. The Labute approximate surface area is 189 Å². The van der Waals surface area contributed by atoms with E-state index < -0.39 is 0 Å². The van der Waals surface area contributed by atoms with E-state index in [4.69, 9.17) is 9.47 Å². The van der Waals surface area contributed by atoms with Crippen LogP contribution in [0.15, 0.2) is 30.4 Å². The summed E-state index contributed by atoms with van der Waals surface area (Å²) in [7, 11) is 5.31. The maximum Gasteiger partial charge on any atom is 0.225 e. The van der Waals surface area contributed by atoms with Gasteiger partial charge >= 0.3 is 0 Å². The zero-order valence-corrected chi connectivity index (χ0v) is 20.6. The number of hydrogen-bond donors (Lipinski definition) is 1. The molecule has 5 nitrogen and oxygen atoms in total. The molecule has 5 heteroatoms. The van der Waals surface area contributed by atoms with Gasteiger partial charge in [0.15, 0.2) is 11.5 Å². The van der Waals surface area contributed by atoms with Gasteiger partial charge < -0.3 is 19.5 Å². The van der Waals surface area contributed by atoms with Gasteiger partial charge in [-0.15, -0.1) is 0 Å². The van der Waals surface area contributed by atoms with Crippen LogP contribution in [0.4, 0.5) is 0 Å². The molecule has 0 saturated heterocycles. The number of ether oxygens (including phenoxy) is 2. The number of benzene rings is 1. The molecule has 1 aromatic rings. The second kappa shape index (κ2) is 14.1. The maximum atomic E-state index is 12.4. The third-order valence-corrected chi connectivity index (χ3v) is 5.77. The van der Waals surface area contributed by atoms with Crippen molar-refractivity contribution in [2.45, 2.75) is 53.4 Å². The van der Waals surface area contributed by atoms with Crippen molar-refractivity contribution < 1.29 is 19.4 Å². The lowest BCUT2D eigenvalue weighted by Crippen LogP contribution is -2.32. The van der Waals surface area contributed by atoms with Crippen LogP contribution >= 0.6 is 0 Å². The van der Waals surface area contributed by atoms with Crippen LogP contribution < -0.4 is 4.74 Å². The molecule has 0 unspecified atom stereocenters. The van der Waals surface area contributed by atoms with Crippen molar-refractivity contribution in [1.29, 1.82) is 0 Å². The molecule has 0 saturated carbocycles. The quantitative estimate of drug-likeness (QED) is 0.319. The van der Waals surface area contributed by atoms with E-state index in [1.54, 1.807) is 18.1 Å². The largest absolute Gasteiger partial charge is 0.504 e. The predicted molar refractivity (Wildman–Crippen MR) is 128 cm³/mol. The van der Waals surface area contributed by atoms with E-state index in [0.717, 1.165) is 31.2 Å². The molecular formula is C26H43NO4. The molecule has 1 rings (SSSR count). The van der Waals surface area contributed by atoms with Gasteiger partial charge in [0, 0.05) is 40.2 Å². The van der Waals surface area contributed by atoms with Crippen LogP contribution in [0, 0.1) is 23.7 Å². The summed E-state index contributed by atoms with van der Waals surface area (Å²) in [5, 5.41) is 10.1. The minimum atomic E-state index is 0.0265. The van der Waals surface area contributed by atoms with Crippen LogP contribution in [0.3, 0.4) is 0 Å². The van der Waals surface area contributed by atoms with Crippen molar-refractivity contribution in [2.75, 3.05) is 34.4 Å². The Morgan fingerprint density at radius 2 is 1.74 bits per heavy atom. The molecule has 31 heavy (non-hydrogen) atoms. The minimum Gasteiger partial charge on any atom is -0.504 e. The van der Waals surface area contributed by atoms with Gasteiger partial charge in [-0.1, -0.05) is 45.9 Å². The van der Waals surface area contributed by atoms with Crippen LogP contribution in [-0.4, -0.2) is 50.3 Å². The van der Waals surface area contributed by atoms with Crippen LogP contribution in [0.25, 0.3) is 0 Å². The number of hydrogen-bond acceptors (Lipinski definition) is 4. The number of carbonyl (C=O) groups excluding carboxylic acids is 1. The molecule has 0 aromatic heterocycles. The summed E-state index contributed by atoms with van der Waals surface area (Å²) in [6.45, 7) is 9.86. The second-order valence-corrected chi connectivity index (χ2v) is 9.23. The first kappa shape index (κ1) is 27.0. The fourth-order valence-corrected chi connectivity index (χ4v) is 3.58. The van der Waals surface area contributed by atoms with Crippen molar-refractivity contribution in [3.8, 4) is 11.5 Å². The molecule has 176 valence electrons. The molecule has 0 aliphatic rings. The lowest BCUT2D eigenvalue weighted by Gasteiger charge is -2.23. The average Bonchev–Trinajstić information content (AvgIpc) is 2.71. The number of methoxy groups -OCH3 is 1. The van der Waals surface area contributed by atoms with Gasteiger partial charge in [0.05, 0.1) is 6.61 Å². The highest BCUT2D eigenvalue weighted by molar-refractivity contribution is 5.78. The van der Waals surface area contributed by atoms with E-state index in [2.05, 4.69) is 39.8 Å². The molecule has 0 aliphatic heterocycles. The molecule has 2 atom stereocenters. The Balaban J connectivity index is 2.72. The molecular weight excluding hydrogens is 390 g/mol. The molecule has 0 fully saturated rings. The molecule has 0 heterocycles. The minimum absolute atomic E-state index is 0.0265. The smallest absolute Gasteiger partial charge is 0.225 e. The first-order valence-electron chi connectivity index (χ1n) is 11.5. The van der Waals surface area contributed by atoms with Crippen molar-refractivity contribution in [2.24, 2.45) is 23.7 Å². The van der Waals surface area contributed by atoms with Gasteiger partial charge in [-0.25, -0.2) is 0 Å². The Morgan fingerprint density at radius 3 is 2.32 bits per heavy atom. The summed E-state index contributed by atoms with van der Waals surface area (Å²) in [5.74, 6) is 2.25. The summed E-state index contributed by atoms with van der Waals surface area (Å²) in [6.07, 6.45) is 7.84. The Hall–Kier alpha value is -2.01. The van der Waals surface area contributed by atoms with Crippen molar-refractivity contribution >= 4 is 5.91 Å². The lowest BCUT2D eigenvalue weighted by molar-refractivity contribution is -0.134. The fourth-order valence-electron chi connectivity index (χ4n) is 3.58. The average molecular weight is 434 g/mol. The van der Waals surface area contributed by atoms with Gasteiger partial charge in [0.2, 0.25) is 5.91 Å². The first-order chi connectivity index (χ1) is 14.7. The SMILES string of the molecule is COCCCOc1cc(C[C@@H](CC=CC[C@H](C(=O)N(C)C)C(C)C)C(C)C)ccc1O. The highest BCUT2D eigenvalue weighted by Crippen LogP contribution is 2.30. The highest BCUT2D eigenvalue weighted by atomic mass is 16.5. The molecule has 0 spiro atoms. The number of amides is 1. The summed E-state index contributed by atoms with van der Waals surface area (Å²) >= 11 is 0. The number of rotatable bonds is 14. The van der Waals surface area contributed by atoms with E-state index in [0.29, 0.717) is 36.7 Å². The van der Waals surface area contributed by atoms with Crippen LogP contribution in [0.1, 0.15) is 52.5 Å². The standard InChI is InChI=1S/C26H43NO4/c1-19(2)22(11-8-9-12-23(20(3)4)26(29)27(5)6)17-21-13-14-24(28)25(18-21)31-16-10-15-30-7/h8-9,13-14,18-20,22-23,28H,10-12,15-17H2,1-7H3/t22-,23+/m1/s1. The molecule has 0 bridgehead atoms. The first-order valence-corrected chi connectivity index (χ1v) is 11.5. The summed E-state index contributed by atoms with van der Waals surface area (Å²) in [6, 6.07) is 5.64. The number of nitrogens with zero attached hydrogens (tertiary/aromatic N) is 1. The highest BCUT2D eigenvalue weighted by Gasteiger charge is 2.22. The van der Waals surface area contributed by atoms with Crippen molar-refractivity contribution in [3.63, 3.8) is 0 Å². The summed E-state index contributed by atoms with van der Waals surface area (Å²) in [5.41, 5.74) is 1.16. The second-order valence-electron chi connectivity index (χ2n) is 9.23. The van der Waals surface area contributed by atoms with Crippen LogP contribution in [0.2, 0.25) is 0 Å². The predicted octanol–water partition coefficient (Wildman–Crippen LogP) is 5.32. The zero-order chi connectivity index (χ0) is 23.4. The van der Waals surface area contributed by atoms with Crippen molar-refractivity contribution in [1.82, 2.24) is 4.90 Å². The topological polar surface area (TPSA) is 59.0 Å². The van der Waals surface area contributed by atoms with E-state index >= 15 is 0 Å². The maximum absolute atomic E-state index is 12.4. The number of allylic oxidation sites excluding steroid dienone is 2. The van der Waals surface area contributed by atoms with E-state index in [1.807, 2.05) is 26.2 Å². The van der Waals surface area contributed by atoms with Gasteiger partial charge in [-0.3, -0.25) is 4.79 Å². The van der Waals surface area contributed by atoms with Crippen LogP contribution in [-0.2, 0) is 16.0 Å². The Morgan fingerprint density at radius 1 is 1.06 bits per heavy atom. The number of carbonyl (C=O) groups is 1. The van der Waals surface area contributed by atoms with Gasteiger partial charge in [0.1, 0.15) is 0 Å². The molecule has 0 aliphatic carbocycles. The monoisotopic (exact) mass is 433 g/mol. The van der Waals surface area contributed by atoms with Gasteiger partial charge in [-0.05, 0) is 54.7 Å². The summed E-state index contributed by atoms with van der Waals surface area (Å²) in [4.78, 5) is 14.1. The summed E-state index contributed by atoms with van der Waals surface area (Å²) < 4.78 is 10.8. The van der Waals surface area contributed by atoms with E-state index in [-0.39, 0.29) is 17.6 Å². The molecule has 1 aromatic carbocycles. The lowest BCUT2D eigenvalue weighted by atomic mass is 9.85. The van der Waals surface area contributed by atoms with Gasteiger partial charge in [0.25, 0.3) is 0 Å². The third kappa shape index (κ3) is 9.77. The molecule has 0 radical (unpaired) electrons. The van der Waals surface area contributed by atoms with E-state index in [1.165, 1.54) is 0 Å². The fraction of sp³-hybridized carbons (Fsp3) is 0.654. The molecule has 1 N–H and O–H groups in total. The van der Waals surface area contributed by atoms with Crippen LogP contribution in [0.5, 0.6) is 11.5 Å². The normalized spacial score (nSPS) is 13.7. The number of phenols is 1. The number of phenolic OH excluding ortho intramolecular Hbond substituents is 1.